The van der Waals surface area contributed by atoms with Gasteiger partial charge >= 0.3 is 0 Å². The van der Waals surface area contributed by atoms with Crippen molar-refractivity contribution in [1.29, 1.82) is 0 Å². The van der Waals surface area contributed by atoms with Crippen molar-refractivity contribution in [1.82, 2.24) is 15.0 Å². The molecule has 0 spiro atoms. The van der Waals surface area contributed by atoms with Crippen molar-refractivity contribution in [2.24, 2.45) is 0 Å². The van der Waals surface area contributed by atoms with E-state index in [2.05, 4.69) is 138 Å². The number of anilines is 3. The van der Waals surface area contributed by atoms with Crippen LogP contribution in [0.3, 0.4) is 0 Å². The van der Waals surface area contributed by atoms with Gasteiger partial charge in [-0.25, -0.2) is 15.0 Å². The highest BCUT2D eigenvalue weighted by atomic mass is 32.1. The molecule has 11 aromatic rings. The number of furan rings is 1. The van der Waals surface area contributed by atoms with Crippen LogP contribution in [-0.2, 0) is 0 Å². The number of hydrogen-bond acceptors (Lipinski definition) is 6. The van der Waals surface area contributed by atoms with Crippen LogP contribution in [0.4, 0.5) is 17.1 Å². The predicted octanol–water partition coefficient (Wildman–Crippen LogP) is 14.3. The molecule has 0 amide bonds. The van der Waals surface area contributed by atoms with Gasteiger partial charge in [-0.3, -0.25) is 0 Å². The molecule has 268 valence electrons. The molecule has 0 saturated carbocycles. The van der Waals surface area contributed by atoms with Gasteiger partial charge in [0.2, 0.25) is 0 Å². The molecule has 0 unspecified atom stereocenters. The number of fused-ring (bicyclic) bond motifs is 6. The van der Waals surface area contributed by atoms with Crippen LogP contribution in [-0.4, -0.2) is 15.0 Å². The topological polar surface area (TPSA) is 55.1 Å². The molecule has 11 rings (SSSR count). The second-order valence-corrected chi connectivity index (χ2v) is 15.1. The largest absolute Gasteiger partial charge is 0.454 e. The van der Waals surface area contributed by atoms with E-state index in [-0.39, 0.29) is 0 Å². The Balaban J connectivity index is 1.08. The van der Waals surface area contributed by atoms with Gasteiger partial charge in [-0.15, -0.1) is 11.3 Å². The maximum absolute atomic E-state index is 6.92. The molecule has 5 nitrogen and oxygen atoms in total. The quantitative estimate of drug-likeness (QED) is 0.162. The minimum absolute atomic E-state index is 0.585. The smallest absolute Gasteiger partial charge is 0.164 e. The minimum Gasteiger partial charge on any atom is -0.454 e. The second-order valence-electron chi connectivity index (χ2n) is 14.0. The Morgan fingerprint density at radius 3 is 1.61 bits per heavy atom. The monoisotopic (exact) mass is 748 g/mol. The molecular formula is C51H32N4OS. The number of nitrogens with zero attached hydrogens (tertiary/aromatic N) is 4. The number of hydrogen-bond donors (Lipinski definition) is 0. The third-order valence-electron chi connectivity index (χ3n) is 10.5. The van der Waals surface area contributed by atoms with E-state index in [0.717, 1.165) is 61.3 Å². The number of aromatic nitrogens is 3. The van der Waals surface area contributed by atoms with Crippen molar-refractivity contribution in [3.05, 3.63) is 194 Å². The van der Waals surface area contributed by atoms with Crippen molar-refractivity contribution < 1.29 is 4.42 Å². The fraction of sp³-hybridized carbons (Fsp3) is 0. The Labute approximate surface area is 332 Å². The molecule has 0 N–H and O–H groups in total. The summed E-state index contributed by atoms with van der Waals surface area (Å²) in [6, 6.07) is 67.5. The van der Waals surface area contributed by atoms with Crippen LogP contribution in [0.2, 0.25) is 0 Å². The Kier molecular flexibility index (Phi) is 7.93. The number of para-hydroxylation sites is 1. The van der Waals surface area contributed by atoms with Gasteiger partial charge in [-0.2, -0.15) is 0 Å². The van der Waals surface area contributed by atoms with Crippen molar-refractivity contribution in [2.45, 2.75) is 0 Å². The van der Waals surface area contributed by atoms with Crippen LogP contribution in [0.15, 0.2) is 199 Å². The highest BCUT2D eigenvalue weighted by Crippen LogP contribution is 2.45. The van der Waals surface area contributed by atoms with E-state index in [9.17, 15) is 0 Å². The van der Waals surface area contributed by atoms with Crippen molar-refractivity contribution in [3.63, 3.8) is 0 Å². The highest BCUT2D eigenvalue weighted by Gasteiger charge is 2.21. The van der Waals surface area contributed by atoms with E-state index in [1.807, 2.05) is 72.0 Å². The second kappa shape index (κ2) is 13.7. The minimum atomic E-state index is 0.585. The summed E-state index contributed by atoms with van der Waals surface area (Å²) in [5, 5.41) is 4.56. The molecule has 3 heterocycles. The zero-order chi connectivity index (χ0) is 37.7. The summed E-state index contributed by atoms with van der Waals surface area (Å²) in [4.78, 5) is 17.2. The standard InChI is InChI=1S/C51H32N4OS/c1-4-13-33(14-5-1)34-23-26-38(27-24-34)55(39-28-30-47-43(32-39)41-19-10-11-22-46(41)57-47)44-21-12-20-42-40-29-25-37(31-45(40)56-48(42)44)51-53-49(35-15-6-2-7-16-35)52-50(54-51)36-17-8-3-9-18-36/h1-32H. The molecule has 0 aliphatic carbocycles. The molecular weight excluding hydrogens is 717 g/mol. The number of thiophene rings is 1. The highest BCUT2D eigenvalue weighted by molar-refractivity contribution is 7.25. The lowest BCUT2D eigenvalue weighted by Crippen LogP contribution is -2.10. The molecule has 3 aromatic heterocycles. The summed E-state index contributed by atoms with van der Waals surface area (Å²) in [6.07, 6.45) is 0. The average molecular weight is 749 g/mol. The Morgan fingerprint density at radius 2 is 0.912 bits per heavy atom. The van der Waals surface area contributed by atoms with E-state index in [0.29, 0.717) is 17.5 Å². The number of rotatable bonds is 7. The summed E-state index contributed by atoms with van der Waals surface area (Å²) in [6.45, 7) is 0. The first-order valence-electron chi connectivity index (χ1n) is 18.9. The first-order chi connectivity index (χ1) is 28.2. The predicted molar refractivity (Wildman–Crippen MR) is 236 cm³/mol. The van der Waals surface area contributed by atoms with Crippen molar-refractivity contribution in [2.75, 3.05) is 4.90 Å². The summed E-state index contributed by atoms with van der Waals surface area (Å²) < 4.78 is 9.47. The average Bonchev–Trinajstić information content (AvgIpc) is 3.86. The van der Waals surface area contributed by atoms with Gasteiger partial charge in [-0.1, -0.05) is 140 Å². The van der Waals surface area contributed by atoms with Crippen molar-refractivity contribution >= 4 is 70.5 Å². The fourth-order valence-corrected chi connectivity index (χ4v) is 8.84. The zero-order valence-corrected chi connectivity index (χ0v) is 31.4. The van der Waals surface area contributed by atoms with Crippen LogP contribution >= 0.6 is 11.3 Å². The molecule has 0 radical (unpaired) electrons. The van der Waals surface area contributed by atoms with Gasteiger partial charge in [0.05, 0.1) is 5.69 Å². The van der Waals surface area contributed by atoms with E-state index in [1.165, 1.54) is 25.7 Å². The van der Waals surface area contributed by atoms with Gasteiger partial charge in [0.25, 0.3) is 0 Å². The van der Waals surface area contributed by atoms with Crippen LogP contribution in [0.25, 0.3) is 87.4 Å². The maximum Gasteiger partial charge on any atom is 0.164 e. The zero-order valence-electron chi connectivity index (χ0n) is 30.6. The van der Waals surface area contributed by atoms with E-state index in [4.69, 9.17) is 19.4 Å². The Morgan fingerprint density at radius 1 is 0.368 bits per heavy atom. The Bertz CT molecular complexity index is 3170. The summed E-state index contributed by atoms with van der Waals surface area (Å²) >= 11 is 1.83. The third-order valence-corrected chi connectivity index (χ3v) is 11.7. The first kappa shape index (κ1) is 33.0. The Hall–Kier alpha value is -7.41. The van der Waals surface area contributed by atoms with Gasteiger partial charge in [0.15, 0.2) is 23.1 Å². The molecule has 57 heavy (non-hydrogen) atoms. The molecule has 0 aliphatic heterocycles. The summed E-state index contributed by atoms with van der Waals surface area (Å²) in [5.74, 6) is 1.83. The lowest BCUT2D eigenvalue weighted by molar-refractivity contribution is 0.669. The van der Waals surface area contributed by atoms with Crippen LogP contribution in [0.5, 0.6) is 0 Å². The molecule has 8 aromatic carbocycles. The fourth-order valence-electron chi connectivity index (χ4n) is 7.75. The molecule has 0 aliphatic rings. The van der Waals surface area contributed by atoms with Crippen molar-refractivity contribution in [3.8, 4) is 45.3 Å². The SMILES string of the molecule is c1ccc(-c2ccc(N(c3ccc4sc5ccccc5c4c3)c3cccc4c3oc3cc(-c5nc(-c6ccccc6)nc(-c6ccccc6)n5)ccc34)cc2)cc1. The molecule has 0 saturated heterocycles. The lowest BCUT2D eigenvalue weighted by atomic mass is 10.0. The van der Waals surface area contributed by atoms with Gasteiger partial charge < -0.3 is 9.32 Å². The molecule has 0 bridgehead atoms. The van der Waals surface area contributed by atoms with Gasteiger partial charge in [-0.05, 0) is 65.7 Å². The third kappa shape index (κ3) is 5.91. The van der Waals surface area contributed by atoms with Gasteiger partial charge in [0, 0.05) is 59.0 Å². The maximum atomic E-state index is 6.92. The molecule has 6 heteroatoms. The number of benzene rings is 8. The van der Waals surface area contributed by atoms with Crippen LogP contribution < -0.4 is 4.90 Å². The normalized spacial score (nSPS) is 11.5. The van der Waals surface area contributed by atoms with Gasteiger partial charge in [0.1, 0.15) is 5.58 Å². The first-order valence-corrected chi connectivity index (χ1v) is 19.7. The summed E-state index contributed by atoms with van der Waals surface area (Å²) in [7, 11) is 0. The summed E-state index contributed by atoms with van der Waals surface area (Å²) in [5.41, 5.74) is 9.66. The van der Waals surface area contributed by atoms with E-state index in [1.54, 1.807) is 0 Å². The lowest BCUT2D eigenvalue weighted by Gasteiger charge is -2.26. The van der Waals surface area contributed by atoms with E-state index >= 15 is 0 Å². The van der Waals surface area contributed by atoms with E-state index < -0.39 is 0 Å². The molecule has 0 fully saturated rings. The van der Waals surface area contributed by atoms with Crippen LogP contribution in [0, 0.1) is 0 Å². The molecule has 0 atom stereocenters. The van der Waals surface area contributed by atoms with Crippen LogP contribution in [0.1, 0.15) is 0 Å².